The van der Waals surface area contributed by atoms with Gasteiger partial charge in [-0.15, -0.1) is 0 Å². The van der Waals surface area contributed by atoms with E-state index in [1.165, 1.54) is 0 Å². The first-order valence-electron chi connectivity index (χ1n) is 11.0. The SMILES string of the molecule is O=C1CC(C(=O)O)N(C(=O)C2(NC(=O)OCC3c4ccccc4-c4ccccc43)CCOC2)N1. The van der Waals surface area contributed by atoms with Gasteiger partial charge in [0, 0.05) is 18.9 Å². The Labute approximate surface area is 194 Å². The van der Waals surface area contributed by atoms with E-state index in [0.29, 0.717) is 0 Å². The number of alkyl carbamates (subject to hydrolysis) is 1. The summed E-state index contributed by atoms with van der Waals surface area (Å²) in [6.07, 6.45) is -1.06. The zero-order valence-electron chi connectivity index (χ0n) is 18.2. The van der Waals surface area contributed by atoms with E-state index in [1.807, 2.05) is 48.5 Å². The molecule has 2 atom stereocenters. The number of nitrogens with zero attached hydrogens (tertiary/aromatic N) is 1. The Hall–Kier alpha value is -3.92. The van der Waals surface area contributed by atoms with E-state index in [4.69, 9.17) is 9.47 Å². The first-order valence-corrected chi connectivity index (χ1v) is 11.0. The highest BCUT2D eigenvalue weighted by molar-refractivity contribution is 5.98. The summed E-state index contributed by atoms with van der Waals surface area (Å²) in [5.74, 6) is -2.81. The van der Waals surface area contributed by atoms with Crippen LogP contribution in [0.4, 0.5) is 4.79 Å². The van der Waals surface area contributed by atoms with Gasteiger partial charge in [0.15, 0.2) is 6.04 Å². The second-order valence-corrected chi connectivity index (χ2v) is 8.60. The lowest BCUT2D eigenvalue weighted by atomic mass is 9.96. The second kappa shape index (κ2) is 8.45. The lowest BCUT2D eigenvalue weighted by Gasteiger charge is -2.32. The summed E-state index contributed by atoms with van der Waals surface area (Å²) in [4.78, 5) is 49.3. The van der Waals surface area contributed by atoms with Crippen molar-refractivity contribution in [3.63, 3.8) is 0 Å². The second-order valence-electron chi connectivity index (χ2n) is 8.60. The molecule has 0 aromatic heterocycles. The van der Waals surface area contributed by atoms with Crippen LogP contribution in [0.3, 0.4) is 0 Å². The normalized spacial score (nSPS) is 23.2. The maximum absolute atomic E-state index is 13.3. The molecule has 2 aromatic carbocycles. The fourth-order valence-corrected chi connectivity index (χ4v) is 4.86. The minimum atomic E-state index is -1.53. The van der Waals surface area contributed by atoms with Crippen LogP contribution in [0.25, 0.3) is 11.1 Å². The molecule has 0 radical (unpaired) electrons. The van der Waals surface area contributed by atoms with Crippen molar-refractivity contribution in [3.05, 3.63) is 59.7 Å². The van der Waals surface area contributed by atoms with Crippen molar-refractivity contribution >= 4 is 23.9 Å². The zero-order valence-corrected chi connectivity index (χ0v) is 18.2. The van der Waals surface area contributed by atoms with Gasteiger partial charge in [0.2, 0.25) is 5.91 Å². The summed E-state index contributed by atoms with van der Waals surface area (Å²) < 4.78 is 10.9. The molecule has 3 aliphatic rings. The maximum atomic E-state index is 13.3. The summed E-state index contributed by atoms with van der Waals surface area (Å²) in [5, 5.41) is 12.8. The number of amides is 3. The van der Waals surface area contributed by atoms with Crippen molar-refractivity contribution in [2.24, 2.45) is 0 Å². The predicted molar refractivity (Wildman–Crippen MR) is 117 cm³/mol. The van der Waals surface area contributed by atoms with Gasteiger partial charge in [-0.1, -0.05) is 48.5 Å². The van der Waals surface area contributed by atoms with Gasteiger partial charge in [-0.3, -0.25) is 15.0 Å². The van der Waals surface area contributed by atoms with Crippen LogP contribution >= 0.6 is 0 Å². The quantitative estimate of drug-likeness (QED) is 0.608. The molecule has 0 spiro atoms. The van der Waals surface area contributed by atoms with Gasteiger partial charge in [0.25, 0.3) is 5.91 Å². The van der Waals surface area contributed by atoms with Gasteiger partial charge in [-0.05, 0) is 22.3 Å². The number of rotatable bonds is 5. The van der Waals surface area contributed by atoms with Gasteiger partial charge in [0.1, 0.15) is 12.1 Å². The van der Waals surface area contributed by atoms with E-state index in [9.17, 15) is 24.3 Å². The third kappa shape index (κ3) is 3.65. The minimum absolute atomic E-state index is 0.0587. The number of nitrogens with one attached hydrogen (secondary N) is 2. The van der Waals surface area contributed by atoms with Crippen molar-refractivity contribution in [2.45, 2.75) is 30.3 Å². The fraction of sp³-hybridized carbons (Fsp3) is 0.333. The summed E-state index contributed by atoms with van der Waals surface area (Å²) in [6, 6.07) is 14.5. The standard InChI is InChI=1S/C24H23N3O7/c28-20-11-19(21(29)30)27(26-20)22(31)24(9-10-33-13-24)25-23(32)34-12-18-16-7-3-1-5-14(16)15-6-2-4-8-17(15)18/h1-8,18-19H,9-13H2,(H,25,32)(H,26,28)(H,29,30). The van der Waals surface area contributed by atoms with E-state index >= 15 is 0 Å². The van der Waals surface area contributed by atoms with E-state index in [0.717, 1.165) is 27.3 Å². The van der Waals surface area contributed by atoms with Crippen LogP contribution in [0.1, 0.15) is 29.9 Å². The molecule has 0 bridgehead atoms. The largest absolute Gasteiger partial charge is 0.480 e. The first-order chi connectivity index (χ1) is 16.4. The number of carbonyl (C=O) groups excluding carboxylic acids is 3. The number of benzene rings is 2. The van der Waals surface area contributed by atoms with Gasteiger partial charge in [-0.2, -0.15) is 0 Å². The first kappa shape index (κ1) is 21.9. The number of hydrazine groups is 1. The number of carbonyl (C=O) groups is 4. The Balaban J connectivity index is 1.31. The molecule has 2 unspecified atom stereocenters. The highest BCUT2D eigenvalue weighted by Crippen LogP contribution is 2.44. The number of aliphatic carboxylic acids is 1. The molecule has 34 heavy (non-hydrogen) atoms. The van der Waals surface area contributed by atoms with Gasteiger partial charge in [-0.25, -0.2) is 14.6 Å². The van der Waals surface area contributed by atoms with Crippen molar-refractivity contribution in [1.29, 1.82) is 0 Å². The maximum Gasteiger partial charge on any atom is 0.408 e. The van der Waals surface area contributed by atoms with Gasteiger partial charge < -0.3 is 19.9 Å². The van der Waals surface area contributed by atoms with Crippen molar-refractivity contribution < 1.29 is 33.8 Å². The van der Waals surface area contributed by atoms with Gasteiger partial charge >= 0.3 is 12.1 Å². The van der Waals surface area contributed by atoms with Gasteiger partial charge in [0.05, 0.1) is 13.0 Å². The van der Waals surface area contributed by atoms with Crippen molar-refractivity contribution in [1.82, 2.24) is 15.8 Å². The summed E-state index contributed by atoms with van der Waals surface area (Å²) in [7, 11) is 0. The molecule has 2 aromatic rings. The van der Waals surface area contributed by atoms with E-state index < -0.39 is 35.5 Å². The zero-order chi connectivity index (χ0) is 23.9. The molecule has 2 saturated heterocycles. The molecule has 2 heterocycles. The van der Waals surface area contributed by atoms with E-state index in [-0.39, 0.29) is 38.6 Å². The average molecular weight is 465 g/mol. The molecule has 176 valence electrons. The Morgan fingerprint density at radius 2 is 1.76 bits per heavy atom. The number of carboxylic acid groups (broad SMARTS) is 1. The van der Waals surface area contributed by atoms with E-state index in [2.05, 4.69) is 10.7 Å². The Morgan fingerprint density at radius 1 is 1.12 bits per heavy atom. The number of hydrogen-bond acceptors (Lipinski definition) is 6. The third-order valence-electron chi connectivity index (χ3n) is 6.56. The van der Waals surface area contributed by atoms with E-state index in [1.54, 1.807) is 0 Å². The lowest BCUT2D eigenvalue weighted by molar-refractivity contribution is -0.154. The molecular weight excluding hydrogens is 442 g/mol. The Morgan fingerprint density at radius 3 is 2.35 bits per heavy atom. The molecule has 2 aliphatic heterocycles. The Kier molecular flexibility index (Phi) is 5.45. The topological polar surface area (TPSA) is 134 Å². The molecule has 1 aliphatic carbocycles. The summed E-state index contributed by atoms with van der Waals surface area (Å²) in [6.45, 7) is 0.0901. The Bertz CT molecular complexity index is 1130. The van der Waals surface area contributed by atoms with Crippen LogP contribution in [-0.2, 0) is 23.9 Å². The van der Waals surface area contributed by atoms with Crippen molar-refractivity contribution in [3.8, 4) is 11.1 Å². The van der Waals surface area contributed by atoms with Crippen LogP contribution in [0.2, 0.25) is 0 Å². The molecule has 0 saturated carbocycles. The monoisotopic (exact) mass is 465 g/mol. The average Bonchev–Trinajstić information content (AvgIpc) is 3.54. The number of ether oxygens (including phenoxy) is 2. The highest BCUT2D eigenvalue weighted by Gasteiger charge is 2.51. The smallest absolute Gasteiger partial charge is 0.408 e. The van der Waals surface area contributed by atoms with Crippen LogP contribution in [0.15, 0.2) is 48.5 Å². The number of fused-ring (bicyclic) bond motifs is 3. The molecule has 2 fully saturated rings. The summed E-state index contributed by atoms with van der Waals surface area (Å²) >= 11 is 0. The minimum Gasteiger partial charge on any atom is -0.480 e. The molecule has 3 N–H and O–H groups in total. The number of hydrogen-bond donors (Lipinski definition) is 3. The summed E-state index contributed by atoms with van der Waals surface area (Å²) in [5.41, 5.74) is 5.02. The lowest BCUT2D eigenvalue weighted by Crippen LogP contribution is -2.64. The predicted octanol–water partition coefficient (Wildman–Crippen LogP) is 1.40. The number of carboxylic acids is 1. The molecular formula is C24H23N3O7. The third-order valence-corrected chi connectivity index (χ3v) is 6.56. The highest BCUT2D eigenvalue weighted by atomic mass is 16.6. The molecule has 3 amide bonds. The van der Waals surface area contributed by atoms with Crippen LogP contribution in [0, 0.1) is 0 Å². The van der Waals surface area contributed by atoms with Crippen LogP contribution < -0.4 is 10.7 Å². The van der Waals surface area contributed by atoms with Crippen LogP contribution in [0.5, 0.6) is 0 Å². The molecule has 10 heteroatoms. The van der Waals surface area contributed by atoms with Crippen molar-refractivity contribution in [2.75, 3.05) is 19.8 Å². The van der Waals surface area contributed by atoms with Crippen LogP contribution in [-0.4, -0.2) is 65.4 Å². The molecule has 10 nitrogen and oxygen atoms in total. The fourth-order valence-electron chi connectivity index (χ4n) is 4.86. The molecule has 5 rings (SSSR count).